The first-order valence-electron chi connectivity index (χ1n) is 14.5. The average molecular weight is 530 g/mol. The molecule has 0 bridgehead atoms. The zero-order chi connectivity index (χ0) is 26.9. The number of aliphatic hydroxyl groups is 1. The minimum atomic E-state index is -4.33. The van der Waals surface area contributed by atoms with Gasteiger partial charge in [0.2, 0.25) is 5.91 Å². The summed E-state index contributed by atoms with van der Waals surface area (Å²) >= 11 is 0. The molecule has 3 N–H and O–H groups in total. The number of carbonyl (C=O) groups is 1. The molecule has 0 spiro atoms. The molecule has 0 aliphatic carbocycles. The Balaban J connectivity index is 4.15. The molecular weight excluding hydrogens is 474 g/mol. The van der Waals surface area contributed by atoms with E-state index in [1.807, 2.05) is 0 Å². The molecule has 2 unspecified atom stereocenters. The van der Waals surface area contributed by atoms with E-state index in [9.17, 15) is 22.9 Å². The molecule has 0 aliphatic heterocycles. The first-order valence-corrected chi connectivity index (χ1v) is 16.1. The minimum absolute atomic E-state index is 0.290. The third-order valence-corrected chi connectivity index (χ3v) is 7.16. The number of aliphatic hydroxyl groups excluding tert-OH is 1. The Bertz CT molecular complexity index is 675. The third kappa shape index (κ3) is 24.5. The van der Waals surface area contributed by atoms with E-state index in [0.29, 0.717) is 12.8 Å². The highest BCUT2D eigenvalue weighted by Gasteiger charge is 2.24. The maximum atomic E-state index is 12.3. The molecule has 7 heteroatoms. The lowest BCUT2D eigenvalue weighted by molar-refractivity contribution is -0.122. The molecule has 0 fully saturated rings. The molecule has 0 rings (SSSR count). The van der Waals surface area contributed by atoms with E-state index in [4.69, 9.17) is 0 Å². The summed E-state index contributed by atoms with van der Waals surface area (Å²) in [4.78, 5) is 12.3. The van der Waals surface area contributed by atoms with Crippen LogP contribution in [0.2, 0.25) is 0 Å². The van der Waals surface area contributed by atoms with E-state index in [-0.39, 0.29) is 5.91 Å². The van der Waals surface area contributed by atoms with Crippen molar-refractivity contribution in [3.8, 4) is 0 Å². The van der Waals surface area contributed by atoms with Crippen LogP contribution in [0, 0.1) is 0 Å². The summed E-state index contributed by atoms with van der Waals surface area (Å²) < 4.78 is 32.0. The van der Waals surface area contributed by atoms with Gasteiger partial charge in [-0.25, -0.2) is 0 Å². The summed E-state index contributed by atoms with van der Waals surface area (Å²) in [7, 11) is -4.33. The Kier molecular flexibility index (Phi) is 23.4. The fourth-order valence-corrected chi connectivity index (χ4v) is 4.90. The number of hydrogen-bond donors (Lipinski definition) is 3. The van der Waals surface area contributed by atoms with E-state index in [0.717, 1.165) is 32.1 Å². The van der Waals surface area contributed by atoms with E-state index in [1.54, 1.807) is 6.08 Å². The predicted molar refractivity (Wildman–Crippen MR) is 152 cm³/mol. The van der Waals surface area contributed by atoms with E-state index in [2.05, 4.69) is 31.3 Å². The van der Waals surface area contributed by atoms with Crippen LogP contribution in [0.3, 0.4) is 0 Å². The van der Waals surface area contributed by atoms with Crippen molar-refractivity contribution in [3.63, 3.8) is 0 Å². The number of hydrogen-bond acceptors (Lipinski definition) is 4. The molecule has 1 amide bonds. The van der Waals surface area contributed by atoms with Crippen molar-refractivity contribution in [2.45, 2.75) is 148 Å². The molecule has 0 saturated carbocycles. The fraction of sp³-hybridized carbons (Fsp3) is 0.828. The number of unbranched alkanes of at least 4 members (excludes halogenated alkanes) is 15. The molecule has 36 heavy (non-hydrogen) atoms. The lowest BCUT2D eigenvalue weighted by atomic mass is 10.0. The normalized spacial score (nSPS) is 14.0. The van der Waals surface area contributed by atoms with Gasteiger partial charge >= 0.3 is 0 Å². The molecule has 0 saturated heterocycles. The quantitative estimate of drug-likeness (QED) is 0.0654. The molecule has 2 atom stereocenters. The van der Waals surface area contributed by atoms with E-state index >= 15 is 0 Å². The molecule has 0 aromatic rings. The minimum Gasteiger partial charge on any atom is -0.387 e. The van der Waals surface area contributed by atoms with Gasteiger partial charge in [0, 0.05) is 6.42 Å². The second-order valence-corrected chi connectivity index (χ2v) is 11.5. The van der Waals surface area contributed by atoms with Crippen LogP contribution in [0.15, 0.2) is 24.3 Å². The van der Waals surface area contributed by atoms with Crippen LogP contribution >= 0.6 is 0 Å². The second kappa shape index (κ2) is 24.2. The highest BCUT2D eigenvalue weighted by atomic mass is 32.2. The summed E-state index contributed by atoms with van der Waals surface area (Å²) in [5, 5.41) is 13.0. The van der Waals surface area contributed by atoms with Crippen molar-refractivity contribution in [1.82, 2.24) is 5.32 Å². The van der Waals surface area contributed by atoms with Gasteiger partial charge < -0.3 is 10.4 Å². The van der Waals surface area contributed by atoms with Gasteiger partial charge in [-0.15, -0.1) is 0 Å². The number of allylic oxidation sites excluding steroid dienone is 3. The van der Waals surface area contributed by atoms with Gasteiger partial charge in [-0.2, -0.15) is 8.42 Å². The van der Waals surface area contributed by atoms with Gasteiger partial charge in [-0.05, 0) is 32.1 Å². The Labute approximate surface area is 222 Å². The number of nitrogens with one attached hydrogen (secondary N) is 1. The molecule has 0 aliphatic rings. The SMILES string of the molecule is CCCCC/C=C/CC/C=C/C(O)C(CS(=O)(=O)O)NC(=O)CCCCCCCCCCCCCC. The maximum absolute atomic E-state index is 12.3. The fourth-order valence-electron chi connectivity index (χ4n) is 4.17. The number of amides is 1. The van der Waals surface area contributed by atoms with Crippen molar-refractivity contribution in [2.75, 3.05) is 5.75 Å². The van der Waals surface area contributed by atoms with Crippen LogP contribution in [-0.4, -0.2) is 41.9 Å². The van der Waals surface area contributed by atoms with Crippen molar-refractivity contribution < 1.29 is 22.9 Å². The van der Waals surface area contributed by atoms with Gasteiger partial charge in [-0.1, -0.05) is 122 Å². The van der Waals surface area contributed by atoms with Crippen LogP contribution < -0.4 is 5.32 Å². The second-order valence-electron chi connectivity index (χ2n) is 10.0. The molecular formula is C29H55NO5S. The van der Waals surface area contributed by atoms with Crippen molar-refractivity contribution in [2.24, 2.45) is 0 Å². The van der Waals surface area contributed by atoms with Crippen LogP contribution in [-0.2, 0) is 14.9 Å². The Morgan fingerprint density at radius 1 is 0.722 bits per heavy atom. The molecule has 6 nitrogen and oxygen atoms in total. The van der Waals surface area contributed by atoms with E-state index < -0.39 is 28.0 Å². The Morgan fingerprint density at radius 2 is 1.19 bits per heavy atom. The van der Waals surface area contributed by atoms with Crippen LogP contribution in [0.5, 0.6) is 0 Å². The molecule has 0 heterocycles. The smallest absolute Gasteiger partial charge is 0.267 e. The van der Waals surface area contributed by atoms with Gasteiger partial charge in [0.05, 0.1) is 17.9 Å². The van der Waals surface area contributed by atoms with Crippen molar-refractivity contribution in [1.29, 1.82) is 0 Å². The Hall–Kier alpha value is -1.18. The van der Waals surface area contributed by atoms with Gasteiger partial charge in [-0.3, -0.25) is 9.35 Å². The van der Waals surface area contributed by atoms with E-state index in [1.165, 1.54) is 83.1 Å². The number of rotatable bonds is 25. The lowest BCUT2D eigenvalue weighted by Crippen LogP contribution is -2.46. The van der Waals surface area contributed by atoms with Gasteiger partial charge in [0.15, 0.2) is 0 Å². The maximum Gasteiger partial charge on any atom is 0.267 e. The van der Waals surface area contributed by atoms with Gasteiger partial charge in [0.25, 0.3) is 10.1 Å². The van der Waals surface area contributed by atoms with Crippen LogP contribution in [0.1, 0.15) is 136 Å². The largest absolute Gasteiger partial charge is 0.387 e. The van der Waals surface area contributed by atoms with Crippen LogP contribution in [0.4, 0.5) is 0 Å². The molecule has 0 aromatic carbocycles. The zero-order valence-electron chi connectivity index (χ0n) is 23.1. The highest BCUT2D eigenvalue weighted by molar-refractivity contribution is 7.85. The molecule has 212 valence electrons. The third-order valence-electron chi connectivity index (χ3n) is 6.38. The zero-order valence-corrected chi connectivity index (χ0v) is 24.0. The number of carbonyl (C=O) groups excluding carboxylic acids is 1. The highest BCUT2D eigenvalue weighted by Crippen LogP contribution is 2.13. The summed E-state index contributed by atoms with van der Waals surface area (Å²) in [5.74, 6) is -1.00. The topological polar surface area (TPSA) is 104 Å². The first kappa shape index (κ1) is 34.8. The monoisotopic (exact) mass is 529 g/mol. The standard InChI is InChI=1S/C29H55NO5S/c1-3-5-7-9-11-13-14-15-17-19-21-23-25-29(32)30-27(26-36(33,34)35)28(31)24-22-20-18-16-12-10-8-6-4-2/h12,16,22,24,27-28,31H,3-11,13-15,17-21,23,25-26H2,1-2H3,(H,30,32)(H,33,34,35)/b16-12+,24-22+. The van der Waals surface area contributed by atoms with Crippen molar-refractivity contribution in [3.05, 3.63) is 24.3 Å². The molecule has 0 aromatic heterocycles. The van der Waals surface area contributed by atoms with Crippen LogP contribution in [0.25, 0.3) is 0 Å². The summed E-state index contributed by atoms with van der Waals surface area (Å²) in [5.41, 5.74) is 0. The first-order chi connectivity index (χ1) is 17.3. The summed E-state index contributed by atoms with van der Waals surface area (Å²) in [6.07, 6.45) is 27.4. The lowest BCUT2D eigenvalue weighted by Gasteiger charge is -2.21. The predicted octanol–water partition coefficient (Wildman–Crippen LogP) is 7.28. The summed E-state index contributed by atoms with van der Waals surface area (Å²) in [6, 6.07) is -1.06. The molecule has 0 radical (unpaired) electrons. The average Bonchev–Trinajstić information content (AvgIpc) is 2.82. The van der Waals surface area contributed by atoms with Gasteiger partial charge in [0.1, 0.15) is 0 Å². The Morgan fingerprint density at radius 3 is 1.75 bits per heavy atom. The van der Waals surface area contributed by atoms with Crippen molar-refractivity contribution >= 4 is 16.0 Å². The summed E-state index contributed by atoms with van der Waals surface area (Å²) in [6.45, 7) is 4.41.